The van der Waals surface area contributed by atoms with Crippen LogP contribution in [-0.4, -0.2) is 19.0 Å². The van der Waals surface area contributed by atoms with Crippen LogP contribution >= 0.6 is 0 Å². The second-order valence-electron chi connectivity index (χ2n) is 3.79. The maximum absolute atomic E-state index is 12.8. The number of halogens is 2. The number of ether oxygens (including phenoxy) is 2. The van der Waals surface area contributed by atoms with E-state index >= 15 is 0 Å². The molecule has 1 aromatic carbocycles. The highest BCUT2D eigenvalue weighted by Crippen LogP contribution is 2.36. The second-order valence-corrected chi connectivity index (χ2v) is 3.79. The van der Waals surface area contributed by atoms with E-state index in [9.17, 15) is 13.6 Å². The molecule has 0 amide bonds. The minimum Gasteiger partial charge on any atom is -0.490 e. The average molecular weight is 242 g/mol. The van der Waals surface area contributed by atoms with Gasteiger partial charge in [0.1, 0.15) is 0 Å². The second kappa shape index (κ2) is 4.69. The van der Waals surface area contributed by atoms with Crippen LogP contribution in [0.25, 0.3) is 0 Å². The Morgan fingerprint density at radius 2 is 1.82 bits per heavy atom. The molecule has 3 nitrogen and oxygen atoms in total. The van der Waals surface area contributed by atoms with Crippen molar-refractivity contribution >= 4 is 5.78 Å². The highest BCUT2D eigenvalue weighted by molar-refractivity contribution is 5.96. The van der Waals surface area contributed by atoms with Gasteiger partial charge in [-0.1, -0.05) is 0 Å². The van der Waals surface area contributed by atoms with Crippen LogP contribution in [0.15, 0.2) is 12.1 Å². The average Bonchev–Trinajstić information content (AvgIpc) is 2.51. The molecule has 1 aliphatic rings. The lowest BCUT2D eigenvalue weighted by Crippen LogP contribution is -2.03. The fraction of sp³-hybridized carbons (Fsp3) is 0.417. The van der Waals surface area contributed by atoms with Gasteiger partial charge in [-0.05, 0) is 19.1 Å². The van der Waals surface area contributed by atoms with Crippen molar-refractivity contribution in [2.75, 3.05) is 13.2 Å². The molecular weight excluding hydrogens is 230 g/mol. The van der Waals surface area contributed by atoms with Gasteiger partial charge in [0, 0.05) is 17.5 Å². The summed E-state index contributed by atoms with van der Waals surface area (Å²) >= 11 is 0. The summed E-state index contributed by atoms with van der Waals surface area (Å²) in [5, 5.41) is 0. The van der Waals surface area contributed by atoms with Crippen molar-refractivity contribution in [1.82, 2.24) is 0 Å². The summed E-state index contributed by atoms with van der Waals surface area (Å²) in [5.41, 5.74) is -0.314. The first-order valence-electron chi connectivity index (χ1n) is 5.32. The third-order valence-corrected chi connectivity index (χ3v) is 2.53. The van der Waals surface area contributed by atoms with Gasteiger partial charge < -0.3 is 9.47 Å². The molecule has 0 atom stereocenters. The molecule has 0 unspecified atom stereocenters. The van der Waals surface area contributed by atoms with Crippen molar-refractivity contribution in [3.05, 3.63) is 23.3 Å². The minimum atomic E-state index is -2.70. The number of hydrogen-bond acceptors (Lipinski definition) is 3. The number of carbonyl (C=O) groups excluding carboxylic acids is 1. The number of alkyl halides is 2. The van der Waals surface area contributed by atoms with Gasteiger partial charge >= 0.3 is 0 Å². The smallest absolute Gasteiger partial charge is 0.264 e. The number of carbonyl (C=O) groups is 1. The summed E-state index contributed by atoms with van der Waals surface area (Å²) in [7, 11) is 0. The van der Waals surface area contributed by atoms with Gasteiger partial charge in [-0.25, -0.2) is 8.78 Å². The lowest BCUT2D eigenvalue weighted by Gasteiger charge is -2.12. The minimum absolute atomic E-state index is 0.00995. The summed E-state index contributed by atoms with van der Waals surface area (Å²) < 4.78 is 36.3. The Morgan fingerprint density at radius 1 is 1.24 bits per heavy atom. The highest BCUT2D eigenvalue weighted by Gasteiger charge is 2.21. The Morgan fingerprint density at radius 3 is 2.35 bits per heavy atom. The van der Waals surface area contributed by atoms with E-state index in [1.165, 1.54) is 19.1 Å². The molecule has 0 aromatic heterocycles. The third-order valence-electron chi connectivity index (χ3n) is 2.53. The lowest BCUT2D eigenvalue weighted by atomic mass is 10.0. The molecule has 2 rings (SSSR count). The van der Waals surface area contributed by atoms with E-state index in [-0.39, 0.29) is 16.9 Å². The summed E-state index contributed by atoms with van der Waals surface area (Å²) in [4.78, 5) is 11.3. The quantitative estimate of drug-likeness (QED) is 0.748. The van der Waals surface area contributed by atoms with Gasteiger partial charge in [-0.3, -0.25) is 4.79 Å². The predicted molar refractivity (Wildman–Crippen MR) is 57.0 cm³/mol. The zero-order valence-electron chi connectivity index (χ0n) is 9.33. The van der Waals surface area contributed by atoms with E-state index in [1.807, 2.05) is 0 Å². The van der Waals surface area contributed by atoms with E-state index in [0.29, 0.717) is 25.4 Å². The summed E-state index contributed by atoms with van der Waals surface area (Å²) in [5.74, 6) is 0.232. The fourth-order valence-electron chi connectivity index (χ4n) is 1.71. The van der Waals surface area contributed by atoms with Gasteiger partial charge in [0.2, 0.25) is 0 Å². The molecular formula is C12H12F2O3. The number of benzene rings is 1. The van der Waals surface area contributed by atoms with Crippen LogP contribution in [0.1, 0.15) is 35.7 Å². The van der Waals surface area contributed by atoms with Crippen molar-refractivity contribution < 1.29 is 23.0 Å². The molecule has 0 spiro atoms. The van der Waals surface area contributed by atoms with Crippen molar-refractivity contribution in [3.63, 3.8) is 0 Å². The van der Waals surface area contributed by atoms with Crippen molar-refractivity contribution in [2.45, 2.75) is 19.8 Å². The van der Waals surface area contributed by atoms with Crippen molar-refractivity contribution in [3.8, 4) is 11.5 Å². The number of hydrogen-bond donors (Lipinski definition) is 0. The Hall–Kier alpha value is -1.65. The maximum atomic E-state index is 12.8. The first kappa shape index (κ1) is 11.8. The third kappa shape index (κ3) is 2.38. The first-order valence-corrected chi connectivity index (χ1v) is 5.32. The maximum Gasteiger partial charge on any atom is 0.264 e. The van der Waals surface area contributed by atoms with Gasteiger partial charge in [0.25, 0.3) is 6.43 Å². The van der Waals surface area contributed by atoms with Crippen LogP contribution in [0, 0.1) is 0 Å². The van der Waals surface area contributed by atoms with Crippen LogP contribution in [-0.2, 0) is 0 Å². The molecule has 0 fully saturated rings. The molecule has 1 aromatic rings. The Labute approximate surface area is 97.3 Å². The van der Waals surface area contributed by atoms with Crippen LogP contribution in [0.4, 0.5) is 8.78 Å². The van der Waals surface area contributed by atoms with Crippen LogP contribution in [0.5, 0.6) is 11.5 Å². The van der Waals surface area contributed by atoms with E-state index in [4.69, 9.17) is 9.47 Å². The molecule has 17 heavy (non-hydrogen) atoms. The van der Waals surface area contributed by atoms with Crippen molar-refractivity contribution in [1.29, 1.82) is 0 Å². The van der Waals surface area contributed by atoms with Crippen LogP contribution in [0.2, 0.25) is 0 Å². The van der Waals surface area contributed by atoms with E-state index in [2.05, 4.69) is 0 Å². The van der Waals surface area contributed by atoms with Gasteiger partial charge in [-0.15, -0.1) is 0 Å². The molecule has 92 valence electrons. The normalized spacial score (nSPS) is 14.6. The summed E-state index contributed by atoms with van der Waals surface area (Å²) in [6.45, 7) is 2.14. The molecule has 0 aliphatic carbocycles. The Kier molecular flexibility index (Phi) is 3.26. The van der Waals surface area contributed by atoms with Gasteiger partial charge in [0.15, 0.2) is 17.3 Å². The summed E-state index contributed by atoms with van der Waals surface area (Å²) in [6, 6.07) is 2.53. The SMILES string of the molecule is CC(=O)c1cc2c(cc1C(F)F)OCCCO2. The molecule has 1 aliphatic heterocycles. The highest BCUT2D eigenvalue weighted by atomic mass is 19.3. The standard InChI is InChI=1S/C12H12F2O3/c1-7(15)8-5-10-11(6-9(8)12(13)14)17-4-2-3-16-10/h5-6,12H,2-4H2,1H3. The monoisotopic (exact) mass is 242 g/mol. The molecule has 0 saturated carbocycles. The molecule has 0 radical (unpaired) electrons. The molecule has 0 bridgehead atoms. The zero-order valence-corrected chi connectivity index (χ0v) is 9.33. The number of fused-ring (bicyclic) bond motifs is 1. The van der Waals surface area contributed by atoms with Gasteiger partial charge in [-0.2, -0.15) is 0 Å². The first-order chi connectivity index (χ1) is 8.09. The van der Waals surface area contributed by atoms with E-state index in [1.54, 1.807) is 0 Å². The van der Waals surface area contributed by atoms with Crippen molar-refractivity contribution in [2.24, 2.45) is 0 Å². The predicted octanol–water partition coefficient (Wildman–Crippen LogP) is 2.99. The molecule has 1 heterocycles. The largest absolute Gasteiger partial charge is 0.490 e. The topological polar surface area (TPSA) is 35.5 Å². The van der Waals surface area contributed by atoms with E-state index < -0.39 is 12.2 Å². The van der Waals surface area contributed by atoms with Crippen LogP contribution < -0.4 is 9.47 Å². The number of Topliss-reactive ketones (excluding diaryl/α,β-unsaturated/α-hetero) is 1. The van der Waals surface area contributed by atoms with Gasteiger partial charge in [0.05, 0.1) is 13.2 Å². The summed E-state index contributed by atoms with van der Waals surface area (Å²) in [6.07, 6.45) is -2.01. The molecule has 0 saturated heterocycles. The Balaban J connectivity index is 2.52. The van der Waals surface area contributed by atoms with E-state index in [0.717, 1.165) is 0 Å². The number of rotatable bonds is 2. The Bertz CT molecular complexity index is 444. The number of ketones is 1. The van der Waals surface area contributed by atoms with Crippen LogP contribution in [0.3, 0.4) is 0 Å². The molecule has 0 N–H and O–H groups in total. The molecule has 5 heteroatoms. The lowest BCUT2D eigenvalue weighted by molar-refractivity contribution is 0.0998. The zero-order chi connectivity index (χ0) is 12.4. The fourth-order valence-corrected chi connectivity index (χ4v) is 1.71.